The highest BCUT2D eigenvalue weighted by Gasteiger charge is 2.44. The number of Topliss-reactive ketones (excluding diaryl/α,β-unsaturated/α-hetero) is 1. The Labute approximate surface area is 139 Å². The summed E-state index contributed by atoms with van der Waals surface area (Å²) < 4.78 is 16.0. The lowest BCUT2D eigenvalue weighted by atomic mass is 9.99. The molecule has 134 valence electrons. The summed E-state index contributed by atoms with van der Waals surface area (Å²) in [5.74, 6) is 0.383. The normalized spacial score (nSPS) is 30.0. The first-order valence-electron chi connectivity index (χ1n) is 7.61. The van der Waals surface area contributed by atoms with Crippen molar-refractivity contribution in [3.05, 3.63) is 23.8 Å². The maximum atomic E-state index is 11.7. The smallest absolute Gasteiger partial charge is 0.229 e. The van der Waals surface area contributed by atoms with Gasteiger partial charge in [-0.25, -0.2) is 0 Å². The third kappa shape index (κ3) is 3.68. The second kappa shape index (κ2) is 7.91. The van der Waals surface area contributed by atoms with Crippen LogP contribution in [-0.4, -0.2) is 70.6 Å². The summed E-state index contributed by atoms with van der Waals surface area (Å²) in [4.78, 5) is 11.7. The van der Waals surface area contributed by atoms with E-state index in [-0.39, 0.29) is 17.3 Å². The summed E-state index contributed by atoms with van der Waals surface area (Å²) in [6.07, 6.45) is -6.56. The monoisotopic (exact) mass is 342 g/mol. The number of ether oxygens (including phenoxy) is 3. The average Bonchev–Trinajstić information content (AvgIpc) is 2.61. The Morgan fingerprint density at radius 2 is 1.88 bits per heavy atom. The van der Waals surface area contributed by atoms with E-state index in [2.05, 4.69) is 0 Å². The molecular formula is C16H22O8. The number of rotatable bonds is 6. The van der Waals surface area contributed by atoms with E-state index in [4.69, 9.17) is 14.2 Å². The van der Waals surface area contributed by atoms with Gasteiger partial charge in [-0.3, -0.25) is 4.79 Å². The summed E-state index contributed by atoms with van der Waals surface area (Å²) in [6, 6.07) is 4.54. The van der Waals surface area contributed by atoms with Gasteiger partial charge in [0, 0.05) is 12.0 Å². The quantitative estimate of drug-likeness (QED) is 0.508. The molecule has 4 N–H and O–H groups in total. The van der Waals surface area contributed by atoms with Gasteiger partial charge in [0.05, 0.1) is 13.7 Å². The van der Waals surface area contributed by atoms with Crippen LogP contribution in [0.2, 0.25) is 0 Å². The Hall–Kier alpha value is -1.71. The molecule has 1 aliphatic rings. The van der Waals surface area contributed by atoms with Gasteiger partial charge in [0.25, 0.3) is 0 Å². The first kappa shape index (κ1) is 18.6. The largest absolute Gasteiger partial charge is 0.493 e. The van der Waals surface area contributed by atoms with Gasteiger partial charge in [-0.1, -0.05) is 6.92 Å². The molecule has 8 heteroatoms. The summed E-state index contributed by atoms with van der Waals surface area (Å²) in [5, 5.41) is 38.7. The van der Waals surface area contributed by atoms with E-state index in [0.29, 0.717) is 12.0 Å². The third-order valence-corrected chi connectivity index (χ3v) is 3.90. The summed E-state index contributed by atoms with van der Waals surface area (Å²) >= 11 is 0. The first-order valence-corrected chi connectivity index (χ1v) is 7.61. The molecule has 24 heavy (non-hydrogen) atoms. The lowest BCUT2D eigenvalue weighted by Gasteiger charge is -2.39. The SMILES string of the molecule is CCC(=O)c1ccc(O[C@@H]2O[C@@H](CO)[C@@H](O)[C@@H](O)[C@@H]2O)c(OC)c1. The lowest BCUT2D eigenvalue weighted by Crippen LogP contribution is -2.60. The van der Waals surface area contributed by atoms with Crippen LogP contribution in [0.4, 0.5) is 0 Å². The van der Waals surface area contributed by atoms with Crippen LogP contribution >= 0.6 is 0 Å². The molecule has 0 bridgehead atoms. The zero-order chi connectivity index (χ0) is 17.9. The number of aliphatic hydroxyl groups excluding tert-OH is 4. The molecule has 1 heterocycles. The average molecular weight is 342 g/mol. The predicted molar refractivity (Wildman–Crippen MR) is 82.0 cm³/mol. The van der Waals surface area contributed by atoms with Crippen molar-refractivity contribution in [1.82, 2.24) is 0 Å². The predicted octanol–water partition coefficient (Wildman–Crippen LogP) is -0.533. The van der Waals surface area contributed by atoms with Crippen molar-refractivity contribution < 1.29 is 39.4 Å². The molecule has 1 aliphatic heterocycles. The number of hydrogen-bond acceptors (Lipinski definition) is 8. The number of carbonyl (C=O) groups is 1. The fraction of sp³-hybridized carbons (Fsp3) is 0.562. The number of carbonyl (C=O) groups excluding carboxylic acids is 1. The van der Waals surface area contributed by atoms with E-state index in [1.807, 2.05) is 0 Å². The van der Waals surface area contributed by atoms with Gasteiger partial charge in [-0.05, 0) is 18.2 Å². The van der Waals surface area contributed by atoms with E-state index in [0.717, 1.165) is 0 Å². The molecule has 0 radical (unpaired) electrons. The van der Waals surface area contributed by atoms with Gasteiger partial charge in [-0.2, -0.15) is 0 Å². The number of hydrogen-bond donors (Lipinski definition) is 4. The summed E-state index contributed by atoms with van der Waals surface area (Å²) in [5.41, 5.74) is 0.454. The molecule has 2 rings (SSSR count). The molecule has 8 nitrogen and oxygen atoms in total. The van der Waals surface area contributed by atoms with Crippen molar-refractivity contribution in [3.8, 4) is 11.5 Å². The van der Waals surface area contributed by atoms with Gasteiger partial charge in [0.1, 0.15) is 24.4 Å². The van der Waals surface area contributed by atoms with Gasteiger partial charge >= 0.3 is 0 Å². The van der Waals surface area contributed by atoms with Crippen LogP contribution in [0, 0.1) is 0 Å². The fourth-order valence-electron chi connectivity index (χ4n) is 2.43. The highest BCUT2D eigenvalue weighted by Crippen LogP contribution is 2.32. The number of ketones is 1. The lowest BCUT2D eigenvalue weighted by molar-refractivity contribution is -0.277. The third-order valence-electron chi connectivity index (χ3n) is 3.90. The summed E-state index contributed by atoms with van der Waals surface area (Å²) in [7, 11) is 1.40. The van der Waals surface area contributed by atoms with Gasteiger partial charge in [-0.15, -0.1) is 0 Å². The second-order valence-corrected chi connectivity index (χ2v) is 5.46. The molecule has 0 spiro atoms. The van der Waals surface area contributed by atoms with E-state index in [1.165, 1.54) is 19.2 Å². The standard InChI is InChI=1S/C16H22O8/c1-3-9(18)8-4-5-10(11(6-8)22-2)23-16-15(21)14(20)13(19)12(7-17)24-16/h4-6,12-17,19-21H,3,7H2,1-2H3/t12-,13+,14+,15-,16+/m0/s1. The van der Waals surface area contributed by atoms with Crippen LogP contribution < -0.4 is 9.47 Å². The van der Waals surface area contributed by atoms with Gasteiger partial charge in [0.2, 0.25) is 6.29 Å². The molecule has 0 saturated carbocycles. The molecule has 5 atom stereocenters. The minimum Gasteiger partial charge on any atom is -0.493 e. The Balaban J connectivity index is 2.21. The van der Waals surface area contributed by atoms with Crippen LogP contribution in [-0.2, 0) is 4.74 Å². The van der Waals surface area contributed by atoms with E-state index >= 15 is 0 Å². The minimum atomic E-state index is -1.53. The Kier molecular flexibility index (Phi) is 6.14. The van der Waals surface area contributed by atoms with Crippen molar-refractivity contribution in [3.63, 3.8) is 0 Å². The van der Waals surface area contributed by atoms with Crippen molar-refractivity contribution in [1.29, 1.82) is 0 Å². The zero-order valence-electron chi connectivity index (χ0n) is 13.5. The topological polar surface area (TPSA) is 126 Å². The highest BCUT2D eigenvalue weighted by atomic mass is 16.7. The fourth-order valence-corrected chi connectivity index (χ4v) is 2.43. The van der Waals surface area contributed by atoms with Crippen LogP contribution in [0.5, 0.6) is 11.5 Å². The van der Waals surface area contributed by atoms with Crippen LogP contribution in [0.25, 0.3) is 0 Å². The molecular weight excluding hydrogens is 320 g/mol. The van der Waals surface area contributed by atoms with Crippen LogP contribution in [0.3, 0.4) is 0 Å². The van der Waals surface area contributed by atoms with Crippen molar-refractivity contribution in [2.24, 2.45) is 0 Å². The van der Waals surface area contributed by atoms with Crippen molar-refractivity contribution in [2.75, 3.05) is 13.7 Å². The van der Waals surface area contributed by atoms with E-state index in [1.54, 1.807) is 13.0 Å². The Morgan fingerprint density at radius 1 is 1.17 bits per heavy atom. The Morgan fingerprint density at radius 3 is 2.46 bits per heavy atom. The maximum Gasteiger partial charge on any atom is 0.229 e. The van der Waals surface area contributed by atoms with Crippen molar-refractivity contribution in [2.45, 2.75) is 44.1 Å². The van der Waals surface area contributed by atoms with E-state index in [9.17, 15) is 25.2 Å². The van der Waals surface area contributed by atoms with E-state index < -0.39 is 37.3 Å². The van der Waals surface area contributed by atoms with Gasteiger partial charge in [0.15, 0.2) is 17.3 Å². The van der Waals surface area contributed by atoms with Crippen LogP contribution in [0.1, 0.15) is 23.7 Å². The second-order valence-electron chi connectivity index (χ2n) is 5.46. The molecule has 0 amide bonds. The Bertz CT molecular complexity index is 573. The minimum absolute atomic E-state index is 0.0623. The molecule has 1 aromatic carbocycles. The molecule has 1 fully saturated rings. The maximum absolute atomic E-state index is 11.7. The number of aliphatic hydroxyl groups is 4. The number of benzene rings is 1. The van der Waals surface area contributed by atoms with Gasteiger partial charge < -0.3 is 34.6 Å². The van der Waals surface area contributed by atoms with Crippen LogP contribution in [0.15, 0.2) is 18.2 Å². The summed E-state index contributed by atoms with van der Waals surface area (Å²) in [6.45, 7) is 1.19. The highest BCUT2D eigenvalue weighted by molar-refractivity contribution is 5.96. The molecule has 1 aromatic rings. The molecule has 0 aliphatic carbocycles. The number of methoxy groups -OCH3 is 1. The molecule has 1 saturated heterocycles. The molecule has 0 unspecified atom stereocenters. The zero-order valence-corrected chi connectivity index (χ0v) is 13.5. The molecule has 0 aromatic heterocycles. The first-order chi connectivity index (χ1) is 11.4. The van der Waals surface area contributed by atoms with Crippen molar-refractivity contribution >= 4 is 5.78 Å².